The molecule has 0 radical (unpaired) electrons. The van der Waals surface area contributed by atoms with Crippen LogP contribution in [0.1, 0.15) is 22.0 Å². The molecular formula is C21H29N4O5+. The Morgan fingerprint density at radius 2 is 1.70 bits per heavy atom. The Hall–Kier alpha value is -3.33. The van der Waals surface area contributed by atoms with Crippen LogP contribution in [-0.4, -0.2) is 59.8 Å². The molecule has 162 valence electrons. The zero-order valence-electron chi connectivity index (χ0n) is 18.2. The molecule has 2 aromatic rings. The van der Waals surface area contributed by atoms with Gasteiger partial charge in [-0.05, 0) is 12.1 Å². The second kappa shape index (κ2) is 9.93. The largest absolute Gasteiger partial charge is 0.493 e. The van der Waals surface area contributed by atoms with Gasteiger partial charge < -0.3 is 24.6 Å². The Morgan fingerprint density at radius 3 is 2.17 bits per heavy atom. The molecule has 9 nitrogen and oxygen atoms in total. The average molecular weight is 417 g/mol. The molecule has 0 aliphatic heterocycles. The zero-order valence-corrected chi connectivity index (χ0v) is 18.2. The molecule has 2 rings (SSSR count). The van der Waals surface area contributed by atoms with Gasteiger partial charge in [0.05, 0.1) is 45.8 Å². The number of quaternary nitrogens is 1. The summed E-state index contributed by atoms with van der Waals surface area (Å²) in [6, 6.07) is 10.6. The van der Waals surface area contributed by atoms with Crippen molar-refractivity contribution >= 4 is 17.3 Å². The number of nitrogens with zero attached hydrogens (tertiary/aromatic N) is 2. The molecule has 9 heteroatoms. The highest BCUT2D eigenvalue weighted by atomic mass is 16.6. The lowest BCUT2D eigenvalue weighted by Gasteiger charge is -2.23. The van der Waals surface area contributed by atoms with Crippen LogP contribution in [0.15, 0.2) is 36.4 Å². The third-order valence-electron chi connectivity index (χ3n) is 4.92. The number of nitro groups is 1. The molecule has 0 aliphatic rings. The fourth-order valence-electron chi connectivity index (χ4n) is 3.15. The second-order valence-electron chi connectivity index (χ2n) is 7.31. The van der Waals surface area contributed by atoms with Gasteiger partial charge in [0.15, 0.2) is 11.5 Å². The normalized spacial score (nSPS) is 11.7. The van der Waals surface area contributed by atoms with E-state index in [-0.39, 0.29) is 28.8 Å². The van der Waals surface area contributed by atoms with E-state index in [2.05, 4.69) is 5.32 Å². The molecule has 0 aromatic heterocycles. The van der Waals surface area contributed by atoms with E-state index < -0.39 is 10.8 Å². The summed E-state index contributed by atoms with van der Waals surface area (Å²) >= 11 is 0. The third-order valence-corrected chi connectivity index (χ3v) is 4.92. The molecule has 0 fully saturated rings. The van der Waals surface area contributed by atoms with Crippen molar-refractivity contribution in [3.05, 3.63) is 57.6 Å². The van der Waals surface area contributed by atoms with Gasteiger partial charge in [-0.1, -0.05) is 12.1 Å². The summed E-state index contributed by atoms with van der Waals surface area (Å²) < 4.78 is 10.3. The van der Waals surface area contributed by atoms with Crippen molar-refractivity contribution in [3.63, 3.8) is 0 Å². The maximum absolute atomic E-state index is 12.8. The minimum atomic E-state index is -0.606. The van der Waals surface area contributed by atoms with Crippen LogP contribution in [0.25, 0.3) is 0 Å². The smallest absolute Gasteiger partial charge is 0.286 e. The van der Waals surface area contributed by atoms with E-state index in [0.29, 0.717) is 6.54 Å². The molecular weight excluding hydrogens is 388 g/mol. The van der Waals surface area contributed by atoms with Gasteiger partial charge in [0.1, 0.15) is 11.6 Å². The van der Waals surface area contributed by atoms with Crippen LogP contribution in [0.2, 0.25) is 0 Å². The summed E-state index contributed by atoms with van der Waals surface area (Å²) in [6.45, 7) is 0.313. The lowest BCUT2D eigenvalue weighted by atomic mass is 10.0. The number of anilines is 1. The molecule has 0 saturated carbocycles. The number of nitro benzene ring substituents is 1. The maximum atomic E-state index is 12.8. The predicted molar refractivity (Wildman–Crippen MR) is 115 cm³/mol. The molecule has 0 heterocycles. The van der Waals surface area contributed by atoms with Gasteiger partial charge in [-0.25, -0.2) is 0 Å². The van der Waals surface area contributed by atoms with Crippen LogP contribution in [-0.2, 0) is 0 Å². The highest BCUT2D eigenvalue weighted by Gasteiger charge is 2.26. The van der Waals surface area contributed by atoms with Crippen molar-refractivity contribution in [3.8, 4) is 11.5 Å². The number of carbonyl (C=O) groups excluding carboxylic acids is 1. The summed E-state index contributed by atoms with van der Waals surface area (Å²) in [4.78, 5) is 26.8. The average Bonchev–Trinajstić information content (AvgIpc) is 2.72. The number of amides is 1. The Labute approximate surface area is 176 Å². The van der Waals surface area contributed by atoms with E-state index >= 15 is 0 Å². The molecule has 2 aromatic carbocycles. The fraction of sp³-hybridized carbons (Fsp3) is 0.381. The first kappa shape index (κ1) is 23.0. The molecule has 1 atom stereocenters. The van der Waals surface area contributed by atoms with Crippen LogP contribution in [0.5, 0.6) is 11.5 Å². The summed E-state index contributed by atoms with van der Waals surface area (Å²) in [7, 11) is 10.7. The number of hydrogen-bond acceptors (Lipinski definition) is 6. The molecule has 0 aliphatic carbocycles. The number of hydrogen-bond donors (Lipinski definition) is 2. The van der Waals surface area contributed by atoms with Crippen molar-refractivity contribution in [2.24, 2.45) is 0 Å². The monoisotopic (exact) mass is 417 g/mol. The summed E-state index contributed by atoms with van der Waals surface area (Å²) in [5.41, 5.74) is 1.72. The summed E-state index contributed by atoms with van der Waals surface area (Å²) in [6.07, 6.45) is 0. The van der Waals surface area contributed by atoms with E-state index in [9.17, 15) is 14.9 Å². The highest BCUT2D eigenvalue weighted by Crippen LogP contribution is 2.34. The minimum absolute atomic E-state index is 0.0237. The number of likely N-dealkylation sites (N-methyl/N-ethyl adjacent to an activating group) is 1. The number of benzene rings is 2. The van der Waals surface area contributed by atoms with Crippen LogP contribution in [0.4, 0.5) is 11.4 Å². The molecule has 0 unspecified atom stereocenters. The van der Waals surface area contributed by atoms with Gasteiger partial charge >= 0.3 is 0 Å². The van der Waals surface area contributed by atoms with Gasteiger partial charge in [-0.15, -0.1) is 0 Å². The Morgan fingerprint density at radius 1 is 1.13 bits per heavy atom. The first-order valence-corrected chi connectivity index (χ1v) is 9.45. The molecule has 0 spiro atoms. The predicted octanol–water partition coefficient (Wildman–Crippen LogP) is 1.29. The molecule has 0 bridgehead atoms. The number of rotatable bonds is 9. The van der Waals surface area contributed by atoms with Crippen LogP contribution >= 0.6 is 0 Å². The quantitative estimate of drug-likeness (QED) is 0.471. The zero-order chi connectivity index (χ0) is 22.4. The Bertz CT molecular complexity index is 897. The number of nitrogens with one attached hydrogen (secondary N) is 2. The van der Waals surface area contributed by atoms with Crippen molar-refractivity contribution in [1.82, 2.24) is 5.32 Å². The SMILES string of the molecule is COc1cc(C(=O)NC[C@@H](c2ccc(N(C)C)cc2)[NH+](C)C)c([N+](=O)[O-])cc1OC. The van der Waals surface area contributed by atoms with Crippen molar-refractivity contribution < 1.29 is 24.1 Å². The van der Waals surface area contributed by atoms with E-state index in [4.69, 9.17) is 9.47 Å². The fourth-order valence-corrected chi connectivity index (χ4v) is 3.15. The van der Waals surface area contributed by atoms with Crippen molar-refractivity contribution in [2.75, 3.05) is 53.9 Å². The van der Waals surface area contributed by atoms with Gasteiger partial charge in [0.25, 0.3) is 11.6 Å². The minimum Gasteiger partial charge on any atom is -0.493 e. The van der Waals surface area contributed by atoms with E-state index in [1.807, 2.05) is 57.4 Å². The highest BCUT2D eigenvalue weighted by molar-refractivity contribution is 5.99. The number of ether oxygens (including phenoxy) is 2. The van der Waals surface area contributed by atoms with E-state index in [1.54, 1.807) is 0 Å². The maximum Gasteiger partial charge on any atom is 0.286 e. The first-order valence-electron chi connectivity index (χ1n) is 9.45. The second-order valence-corrected chi connectivity index (χ2v) is 7.31. The number of methoxy groups -OCH3 is 2. The van der Waals surface area contributed by atoms with E-state index in [0.717, 1.165) is 16.2 Å². The first-order chi connectivity index (χ1) is 14.2. The van der Waals surface area contributed by atoms with Crippen molar-refractivity contribution in [1.29, 1.82) is 0 Å². The summed E-state index contributed by atoms with van der Waals surface area (Å²) in [5.74, 6) is -0.0986. The molecule has 2 N–H and O–H groups in total. The van der Waals surface area contributed by atoms with Gasteiger partial charge in [-0.3, -0.25) is 14.9 Å². The lowest BCUT2D eigenvalue weighted by Crippen LogP contribution is -3.07. The lowest BCUT2D eigenvalue weighted by molar-refractivity contribution is -0.890. The third kappa shape index (κ3) is 5.18. The van der Waals surface area contributed by atoms with Crippen LogP contribution in [0, 0.1) is 10.1 Å². The van der Waals surface area contributed by atoms with Gasteiger partial charge in [0.2, 0.25) is 0 Å². The topological polar surface area (TPSA) is 98.4 Å². The summed E-state index contributed by atoms with van der Waals surface area (Å²) in [5, 5.41) is 14.3. The van der Waals surface area contributed by atoms with Gasteiger partial charge in [-0.2, -0.15) is 0 Å². The molecule has 0 saturated heterocycles. The van der Waals surface area contributed by atoms with Gasteiger partial charge in [0, 0.05) is 31.4 Å². The van der Waals surface area contributed by atoms with Crippen molar-refractivity contribution in [2.45, 2.75) is 6.04 Å². The van der Waals surface area contributed by atoms with Crippen LogP contribution in [0.3, 0.4) is 0 Å². The Kier molecular flexibility index (Phi) is 7.60. The number of carbonyl (C=O) groups is 1. The van der Waals surface area contributed by atoms with E-state index in [1.165, 1.54) is 26.4 Å². The van der Waals surface area contributed by atoms with Crippen LogP contribution < -0.4 is 24.6 Å². The Balaban J connectivity index is 2.26. The molecule has 1 amide bonds. The molecule has 30 heavy (non-hydrogen) atoms. The standard InChI is InChI=1S/C21H28N4O5/c1-23(2)15-9-7-14(8-10-15)18(24(3)4)13-22-21(26)16-11-19(29-5)20(30-6)12-17(16)25(27)28/h7-12,18H,13H2,1-6H3,(H,22,26)/p+1/t18-/m0/s1.